The van der Waals surface area contributed by atoms with Crippen LogP contribution in [0.3, 0.4) is 0 Å². The van der Waals surface area contributed by atoms with E-state index in [-0.39, 0.29) is 5.91 Å². The van der Waals surface area contributed by atoms with Crippen LogP contribution >= 0.6 is 23.4 Å². The fourth-order valence-electron chi connectivity index (χ4n) is 1.71. The van der Waals surface area contributed by atoms with Crippen LogP contribution in [0.5, 0.6) is 5.75 Å². The van der Waals surface area contributed by atoms with Gasteiger partial charge in [0.2, 0.25) is 5.91 Å². The van der Waals surface area contributed by atoms with Gasteiger partial charge >= 0.3 is 0 Å². The summed E-state index contributed by atoms with van der Waals surface area (Å²) >= 11 is 7.59. The molecule has 0 aliphatic rings. The van der Waals surface area contributed by atoms with Gasteiger partial charge in [0.25, 0.3) is 0 Å². The predicted molar refractivity (Wildman–Crippen MR) is 88.4 cm³/mol. The van der Waals surface area contributed by atoms with Crippen molar-refractivity contribution in [2.24, 2.45) is 0 Å². The van der Waals surface area contributed by atoms with Crippen molar-refractivity contribution in [2.75, 3.05) is 17.7 Å². The molecule has 0 aliphatic heterocycles. The average Bonchev–Trinajstić information content (AvgIpc) is 2.45. The molecule has 0 atom stereocenters. The number of hydrogen-bond acceptors (Lipinski definition) is 3. The third-order valence-electron chi connectivity index (χ3n) is 2.59. The molecule has 5 heteroatoms. The Hall–Kier alpha value is -1.65. The molecule has 110 valence electrons. The monoisotopic (exact) mass is 321 g/mol. The van der Waals surface area contributed by atoms with Gasteiger partial charge in [0, 0.05) is 28.3 Å². The highest BCUT2D eigenvalue weighted by molar-refractivity contribution is 7.99. The number of hydrogen-bond donors (Lipinski definition) is 1. The van der Waals surface area contributed by atoms with Gasteiger partial charge in [0.1, 0.15) is 5.75 Å². The molecule has 0 fully saturated rings. The molecule has 0 aliphatic carbocycles. The van der Waals surface area contributed by atoms with Crippen molar-refractivity contribution in [3.8, 4) is 5.75 Å². The first-order chi connectivity index (χ1) is 10.1. The van der Waals surface area contributed by atoms with E-state index in [9.17, 15) is 4.79 Å². The number of halogens is 1. The molecular weight excluding hydrogens is 306 g/mol. The summed E-state index contributed by atoms with van der Waals surface area (Å²) in [5.41, 5.74) is 0.807. The van der Waals surface area contributed by atoms with Crippen LogP contribution in [0.25, 0.3) is 0 Å². The summed E-state index contributed by atoms with van der Waals surface area (Å²) in [4.78, 5) is 12.1. The Balaban J connectivity index is 1.74. The fraction of sp³-hybridized carbons (Fsp3) is 0.188. The van der Waals surface area contributed by atoms with Gasteiger partial charge in [-0.3, -0.25) is 4.79 Å². The Kier molecular flexibility index (Phi) is 5.96. The zero-order valence-electron chi connectivity index (χ0n) is 11.6. The lowest BCUT2D eigenvalue weighted by Gasteiger charge is -2.07. The van der Waals surface area contributed by atoms with Crippen molar-refractivity contribution in [1.29, 1.82) is 0 Å². The van der Waals surface area contributed by atoms with Crippen molar-refractivity contribution >= 4 is 35.0 Å². The molecule has 0 aromatic heterocycles. The van der Waals surface area contributed by atoms with Crippen molar-refractivity contribution in [1.82, 2.24) is 0 Å². The van der Waals surface area contributed by atoms with E-state index in [4.69, 9.17) is 16.3 Å². The molecule has 2 rings (SSSR count). The third kappa shape index (κ3) is 5.69. The van der Waals surface area contributed by atoms with Crippen LogP contribution in [-0.4, -0.2) is 18.3 Å². The second-order valence-electron chi connectivity index (χ2n) is 4.36. The Morgan fingerprint density at radius 1 is 1.24 bits per heavy atom. The van der Waals surface area contributed by atoms with E-state index >= 15 is 0 Å². The minimum absolute atomic E-state index is 0.0645. The molecule has 0 radical (unpaired) electrons. The van der Waals surface area contributed by atoms with Gasteiger partial charge in [-0.1, -0.05) is 17.7 Å². The number of carbonyl (C=O) groups excluding carboxylic acids is 1. The largest absolute Gasteiger partial charge is 0.493 e. The fourth-order valence-corrected chi connectivity index (χ4v) is 2.62. The van der Waals surface area contributed by atoms with Gasteiger partial charge in [-0.15, -0.1) is 11.8 Å². The van der Waals surface area contributed by atoms with Crippen LogP contribution in [0.4, 0.5) is 5.69 Å². The second-order valence-corrected chi connectivity index (χ2v) is 5.96. The smallest absolute Gasteiger partial charge is 0.221 e. The van der Waals surface area contributed by atoms with E-state index in [0.717, 1.165) is 22.1 Å². The molecule has 1 N–H and O–H groups in total. The first-order valence-corrected chi connectivity index (χ1v) is 7.89. The summed E-state index contributed by atoms with van der Waals surface area (Å²) in [6, 6.07) is 15.1. The van der Waals surface area contributed by atoms with Gasteiger partial charge in [-0.25, -0.2) is 0 Å². The van der Waals surface area contributed by atoms with E-state index in [1.165, 1.54) is 6.92 Å². The quantitative estimate of drug-likeness (QED) is 0.630. The number of carbonyl (C=O) groups is 1. The van der Waals surface area contributed by atoms with Crippen LogP contribution in [0.1, 0.15) is 6.92 Å². The number of thioether (sulfide) groups is 1. The molecule has 2 aromatic carbocycles. The summed E-state index contributed by atoms with van der Waals surface area (Å²) in [6.45, 7) is 2.11. The van der Waals surface area contributed by atoms with Crippen LogP contribution in [-0.2, 0) is 4.79 Å². The molecule has 2 aromatic rings. The lowest BCUT2D eigenvalue weighted by Crippen LogP contribution is -2.05. The van der Waals surface area contributed by atoms with Crippen LogP contribution in [0, 0.1) is 0 Å². The summed E-state index contributed by atoms with van der Waals surface area (Å²) in [5.74, 6) is 1.56. The van der Waals surface area contributed by atoms with E-state index in [1.807, 2.05) is 42.5 Å². The highest BCUT2D eigenvalue weighted by Crippen LogP contribution is 2.21. The molecule has 0 heterocycles. The second kappa shape index (κ2) is 7.96. The van der Waals surface area contributed by atoms with E-state index < -0.39 is 0 Å². The van der Waals surface area contributed by atoms with E-state index in [1.54, 1.807) is 17.8 Å². The minimum Gasteiger partial charge on any atom is -0.493 e. The first kappa shape index (κ1) is 15.7. The zero-order valence-corrected chi connectivity index (χ0v) is 13.2. The van der Waals surface area contributed by atoms with Crippen molar-refractivity contribution in [3.05, 3.63) is 53.6 Å². The van der Waals surface area contributed by atoms with Gasteiger partial charge < -0.3 is 10.1 Å². The molecule has 3 nitrogen and oxygen atoms in total. The number of amides is 1. The minimum atomic E-state index is -0.0645. The van der Waals surface area contributed by atoms with Gasteiger partial charge in [0.05, 0.1) is 6.61 Å². The van der Waals surface area contributed by atoms with Crippen LogP contribution in [0.2, 0.25) is 5.02 Å². The Labute approximate surface area is 133 Å². The molecule has 1 amide bonds. The number of benzene rings is 2. The van der Waals surface area contributed by atoms with Gasteiger partial charge in [-0.2, -0.15) is 0 Å². The highest BCUT2D eigenvalue weighted by Gasteiger charge is 1.99. The Morgan fingerprint density at radius 3 is 2.67 bits per heavy atom. The van der Waals surface area contributed by atoms with Crippen molar-refractivity contribution in [2.45, 2.75) is 11.8 Å². The predicted octanol–water partition coefficient (Wildman–Crippen LogP) is 4.47. The summed E-state index contributed by atoms with van der Waals surface area (Å²) in [5, 5.41) is 3.42. The maximum absolute atomic E-state index is 10.9. The Morgan fingerprint density at radius 2 is 2.00 bits per heavy atom. The summed E-state index contributed by atoms with van der Waals surface area (Å²) in [6.07, 6.45) is 0. The number of ether oxygens (including phenoxy) is 1. The highest BCUT2D eigenvalue weighted by atomic mass is 35.5. The van der Waals surface area contributed by atoms with Crippen molar-refractivity contribution in [3.63, 3.8) is 0 Å². The van der Waals surface area contributed by atoms with Gasteiger partial charge in [-0.05, 0) is 42.5 Å². The summed E-state index contributed by atoms with van der Waals surface area (Å²) < 4.78 is 5.62. The average molecular weight is 322 g/mol. The maximum Gasteiger partial charge on any atom is 0.221 e. The number of anilines is 1. The lowest BCUT2D eigenvalue weighted by molar-refractivity contribution is -0.114. The normalized spacial score (nSPS) is 10.2. The van der Waals surface area contributed by atoms with Crippen molar-refractivity contribution < 1.29 is 9.53 Å². The van der Waals surface area contributed by atoms with Crippen LogP contribution < -0.4 is 10.1 Å². The third-order valence-corrected chi connectivity index (χ3v) is 3.80. The number of rotatable bonds is 6. The molecule has 0 spiro atoms. The lowest BCUT2D eigenvalue weighted by atomic mass is 10.3. The SMILES string of the molecule is CC(=O)Nc1ccc(SCCOc2cccc(Cl)c2)cc1. The number of nitrogens with one attached hydrogen (secondary N) is 1. The first-order valence-electron chi connectivity index (χ1n) is 6.52. The topological polar surface area (TPSA) is 38.3 Å². The molecule has 21 heavy (non-hydrogen) atoms. The maximum atomic E-state index is 10.9. The molecule has 0 saturated carbocycles. The Bertz CT molecular complexity index is 601. The van der Waals surface area contributed by atoms with E-state index in [0.29, 0.717) is 11.6 Å². The molecule has 0 saturated heterocycles. The standard InChI is InChI=1S/C16H16ClNO2S/c1-12(19)18-14-5-7-16(8-6-14)21-10-9-20-15-4-2-3-13(17)11-15/h2-8,11H,9-10H2,1H3,(H,18,19). The zero-order chi connectivity index (χ0) is 15.1. The van der Waals surface area contributed by atoms with Gasteiger partial charge in [0.15, 0.2) is 0 Å². The molecule has 0 unspecified atom stereocenters. The molecular formula is C16H16ClNO2S. The molecule has 0 bridgehead atoms. The summed E-state index contributed by atoms with van der Waals surface area (Å²) in [7, 11) is 0. The van der Waals surface area contributed by atoms with Crippen LogP contribution in [0.15, 0.2) is 53.4 Å². The van der Waals surface area contributed by atoms with E-state index in [2.05, 4.69) is 5.32 Å².